The minimum atomic E-state index is -0.464. The van der Waals surface area contributed by atoms with Gasteiger partial charge in [-0.3, -0.25) is 9.20 Å². The number of anilines is 1. The summed E-state index contributed by atoms with van der Waals surface area (Å²) in [5.74, 6) is 0. The Morgan fingerprint density at radius 3 is 3.00 bits per heavy atom. The second kappa shape index (κ2) is 6.17. The minimum Gasteiger partial charge on any atom is -0.333 e. The monoisotopic (exact) mass is 334 g/mol. The van der Waals surface area contributed by atoms with Crippen LogP contribution in [0.4, 0.5) is 10.5 Å². The van der Waals surface area contributed by atoms with Gasteiger partial charge in [0, 0.05) is 11.1 Å². The maximum Gasteiger partial charge on any atom is 0.319 e. The highest BCUT2D eigenvalue weighted by Crippen LogP contribution is 2.10. The molecule has 0 radical (unpaired) electrons. The van der Waals surface area contributed by atoms with Crippen molar-refractivity contribution in [3.05, 3.63) is 62.3 Å². The number of hydrogen-bond donors (Lipinski definition) is 2. The van der Waals surface area contributed by atoms with E-state index in [0.29, 0.717) is 17.2 Å². The third kappa shape index (κ3) is 3.10. The van der Waals surface area contributed by atoms with E-state index in [1.54, 1.807) is 23.5 Å². The fourth-order valence-corrected chi connectivity index (χ4v) is 2.69. The molecule has 0 bridgehead atoms. The Kier molecular flexibility index (Phi) is 4.08. The first-order chi connectivity index (χ1) is 10.6. The number of hydrogen-bond acceptors (Lipinski definition) is 4. The number of carbonyl (C=O) groups excluding carboxylic acids is 1. The van der Waals surface area contributed by atoms with E-state index in [0.717, 1.165) is 4.88 Å². The Hall–Kier alpha value is -2.38. The SMILES string of the molecule is O=C(NCc1cccs1)Nc1cnc2ccc(Cl)cn2c1=O. The summed E-state index contributed by atoms with van der Waals surface area (Å²) in [6.07, 6.45) is 2.79. The van der Waals surface area contributed by atoms with Gasteiger partial charge < -0.3 is 10.6 Å². The van der Waals surface area contributed by atoms with E-state index in [9.17, 15) is 9.59 Å². The number of rotatable bonds is 3. The maximum absolute atomic E-state index is 12.3. The lowest BCUT2D eigenvalue weighted by atomic mass is 10.4. The Bertz CT molecular complexity index is 876. The number of urea groups is 1. The molecule has 0 fully saturated rings. The molecule has 8 heteroatoms. The first-order valence-electron chi connectivity index (χ1n) is 6.37. The zero-order chi connectivity index (χ0) is 15.5. The van der Waals surface area contributed by atoms with Crippen LogP contribution in [0.2, 0.25) is 5.02 Å². The van der Waals surface area contributed by atoms with E-state index in [4.69, 9.17) is 11.6 Å². The van der Waals surface area contributed by atoms with Crippen LogP contribution < -0.4 is 16.2 Å². The topological polar surface area (TPSA) is 75.5 Å². The molecule has 0 aromatic carbocycles. The number of pyridine rings is 1. The molecule has 0 aliphatic rings. The summed E-state index contributed by atoms with van der Waals surface area (Å²) in [5.41, 5.74) is 0.154. The highest BCUT2D eigenvalue weighted by molar-refractivity contribution is 7.09. The Morgan fingerprint density at radius 2 is 2.23 bits per heavy atom. The van der Waals surface area contributed by atoms with Crippen LogP contribution in [0.5, 0.6) is 0 Å². The Balaban J connectivity index is 1.77. The summed E-state index contributed by atoms with van der Waals surface area (Å²) >= 11 is 7.41. The van der Waals surface area contributed by atoms with Crippen molar-refractivity contribution >= 4 is 40.3 Å². The van der Waals surface area contributed by atoms with Gasteiger partial charge >= 0.3 is 6.03 Å². The van der Waals surface area contributed by atoms with Gasteiger partial charge in [0.1, 0.15) is 11.3 Å². The van der Waals surface area contributed by atoms with Crippen LogP contribution in [0.25, 0.3) is 5.65 Å². The van der Waals surface area contributed by atoms with E-state index in [1.807, 2.05) is 17.5 Å². The molecule has 112 valence electrons. The molecule has 3 aromatic rings. The van der Waals surface area contributed by atoms with Crippen molar-refractivity contribution in [3.8, 4) is 0 Å². The number of halogens is 1. The number of nitrogens with one attached hydrogen (secondary N) is 2. The minimum absolute atomic E-state index is 0.0865. The van der Waals surface area contributed by atoms with Crippen LogP contribution >= 0.6 is 22.9 Å². The maximum atomic E-state index is 12.3. The van der Waals surface area contributed by atoms with Crippen molar-refractivity contribution in [1.29, 1.82) is 0 Å². The van der Waals surface area contributed by atoms with Gasteiger partial charge in [0.2, 0.25) is 0 Å². The van der Waals surface area contributed by atoms with Crippen LogP contribution in [0.3, 0.4) is 0 Å². The number of aromatic nitrogens is 2. The highest BCUT2D eigenvalue weighted by Gasteiger charge is 2.09. The van der Waals surface area contributed by atoms with Crippen molar-refractivity contribution in [1.82, 2.24) is 14.7 Å². The van der Waals surface area contributed by atoms with Crippen LogP contribution in [0.15, 0.2) is 46.8 Å². The molecule has 0 aliphatic heterocycles. The van der Waals surface area contributed by atoms with Gasteiger partial charge in [0.05, 0.1) is 17.8 Å². The fraction of sp³-hybridized carbons (Fsp3) is 0.0714. The summed E-state index contributed by atoms with van der Waals surface area (Å²) < 4.78 is 1.29. The van der Waals surface area contributed by atoms with Crippen molar-refractivity contribution in [3.63, 3.8) is 0 Å². The third-order valence-electron chi connectivity index (χ3n) is 2.92. The second-order valence-corrected chi connectivity index (χ2v) is 5.91. The molecule has 0 atom stereocenters. The lowest BCUT2D eigenvalue weighted by molar-refractivity contribution is 0.252. The van der Waals surface area contributed by atoms with Crippen molar-refractivity contribution in [2.75, 3.05) is 5.32 Å². The van der Waals surface area contributed by atoms with Crippen molar-refractivity contribution in [2.45, 2.75) is 6.54 Å². The average Bonchev–Trinajstić information content (AvgIpc) is 3.02. The van der Waals surface area contributed by atoms with Crippen LogP contribution in [0.1, 0.15) is 4.88 Å². The lowest BCUT2D eigenvalue weighted by Gasteiger charge is -2.07. The van der Waals surface area contributed by atoms with Gasteiger partial charge in [-0.05, 0) is 23.6 Å². The number of carbonyl (C=O) groups is 1. The second-order valence-electron chi connectivity index (χ2n) is 4.44. The summed E-state index contributed by atoms with van der Waals surface area (Å²) in [4.78, 5) is 29.2. The number of thiophene rings is 1. The molecule has 22 heavy (non-hydrogen) atoms. The first-order valence-corrected chi connectivity index (χ1v) is 7.63. The lowest BCUT2D eigenvalue weighted by Crippen LogP contribution is -2.31. The number of nitrogens with zero attached hydrogens (tertiary/aromatic N) is 2. The molecule has 3 aromatic heterocycles. The highest BCUT2D eigenvalue weighted by atomic mass is 35.5. The largest absolute Gasteiger partial charge is 0.333 e. The quantitative estimate of drug-likeness (QED) is 0.773. The standard InChI is InChI=1S/C14H11ClN4O2S/c15-9-3-4-12-16-7-11(13(20)19(12)8-9)18-14(21)17-6-10-2-1-5-22-10/h1-5,7-8H,6H2,(H2,17,18,21). The summed E-state index contributed by atoms with van der Waals surface area (Å²) in [6, 6.07) is 6.63. The number of fused-ring (bicyclic) bond motifs is 1. The molecule has 0 spiro atoms. The molecule has 0 saturated heterocycles. The predicted molar refractivity (Wildman–Crippen MR) is 86.6 cm³/mol. The molecule has 2 amide bonds. The van der Waals surface area contributed by atoms with E-state index in [1.165, 1.54) is 16.8 Å². The zero-order valence-electron chi connectivity index (χ0n) is 11.2. The molecular formula is C14H11ClN4O2S. The van der Waals surface area contributed by atoms with Crippen LogP contribution in [-0.2, 0) is 6.54 Å². The normalized spacial score (nSPS) is 10.6. The molecule has 3 heterocycles. The van der Waals surface area contributed by atoms with Gasteiger partial charge in [-0.25, -0.2) is 9.78 Å². The Morgan fingerprint density at radius 1 is 1.36 bits per heavy atom. The zero-order valence-corrected chi connectivity index (χ0v) is 12.8. The van der Waals surface area contributed by atoms with Gasteiger partial charge in [-0.1, -0.05) is 17.7 Å². The smallest absolute Gasteiger partial charge is 0.319 e. The predicted octanol–water partition coefficient (Wildman–Crippen LogP) is 2.73. The Labute approximate surface area is 134 Å². The van der Waals surface area contributed by atoms with E-state index in [-0.39, 0.29) is 5.69 Å². The molecule has 6 nitrogen and oxygen atoms in total. The van der Waals surface area contributed by atoms with Crippen LogP contribution in [-0.4, -0.2) is 15.4 Å². The molecule has 0 unspecified atom stereocenters. The summed E-state index contributed by atoms with van der Waals surface area (Å²) in [7, 11) is 0. The molecule has 0 aliphatic carbocycles. The van der Waals surface area contributed by atoms with E-state index in [2.05, 4.69) is 15.6 Å². The third-order valence-corrected chi connectivity index (χ3v) is 4.02. The van der Waals surface area contributed by atoms with E-state index >= 15 is 0 Å². The van der Waals surface area contributed by atoms with Gasteiger partial charge in [-0.15, -0.1) is 11.3 Å². The van der Waals surface area contributed by atoms with Gasteiger partial charge in [0.15, 0.2) is 0 Å². The molecular weight excluding hydrogens is 324 g/mol. The van der Waals surface area contributed by atoms with Gasteiger partial charge in [-0.2, -0.15) is 0 Å². The van der Waals surface area contributed by atoms with Gasteiger partial charge in [0.25, 0.3) is 5.56 Å². The molecule has 3 rings (SSSR count). The van der Waals surface area contributed by atoms with Crippen LogP contribution in [0, 0.1) is 0 Å². The molecule has 2 N–H and O–H groups in total. The van der Waals surface area contributed by atoms with Crippen molar-refractivity contribution in [2.24, 2.45) is 0 Å². The fourth-order valence-electron chi connectivity index (χ4n) is 1.88. The first kappa shape index (κ1) is 14.6. The summed E-state index contributed by atoms with van der Waals surface area (Å²) in [5, 5.41) is 7.52. The number of amides is 2. The summed E-state index contributed by atoms with van der Waals surface area (Å²) in [6.45, 7) is 0.400. The average molecular weight is 335 g/mol. The molecule has 0 saturated carbocycles. The van der Waals surface area contributed by atoms with E-state index < -0.39 is 11.6 Å². The van der Waals surface area contributed by atoms with Crippen molar-refractivity contribution < 1.29 is 4.79 Å².